The summed E-state index contributed by atoms with van der Waals surface area (Å²) in [5.41, 5.74) is 1.51. The zero-order chi connectivity index (χ0) is 14.7. The van der Waals surface area contributed by atoms with Gasteiger partial charge in [-0.2, -0.15) is 0 Å². The van der Waals surface area contributed by atoms with Crippen LogP contribution in [0.1, 0.15) is 18.5 Å². The van der Waals surface area contributed by atoms with Crippen molar-refractivity contribution in [1.82, 2.24) is 20.3 Å². The Kier molecular flexibility index (Phi) is 4.17. The Balaban J connectivity index is 1.51. The van der Waals surface area contributed by atoms with Gasteiger partial charge in [-0.1, -0.05) is 22.9 Å². The lowest BCUT2D eigenvalue weighted by Crippen LogP contribution is -2.19. The topological polar surface area (TPSA) is 71.8 Å². The molecule has 0 atom stereocenters. The van der Waals surface area contributed by atoms with Crippen LogP contribution < -0.4 is 10.6 Å². The Hall–Kier alpha value is -1.92. The van der Waals surface area contributed by atoms with Crippen molar-refractivity contribution in [2.45, 2.75) is 32.0 Å². The zero-order valence-electron chi connectivity index (χ0n) is 11.4. The summed E-state index contributed by atoms with van der Waals surface area (Å²) in [4.78, 5) is 11.9. The van der Waals surface area contributed by atoms with E-state index >= 15 is 0 Å². The molecule has 1 aliphatic rings. The highest BCUT2D eigenvalue weighted by atomic mass is 35.5. The third kappa shape index (κ3) is 4.27. The van der Waals surface area contributed by atoms with Crippen molar-refractivity contribution in [3.05, 3.63) is 41.2 Å². The van der Waals surface area contributed by atoms with Crippen molar-refractivity contribution in [2.24, 2.45) is 0 Å². The van der Waals surface area contributed by atoms with Crippen LogP contribution in [0.25, 0.3) is 0 Å². The highest BCUT2D eigenvalue weighted by Crippen LogP contribution is 2.19. The Labute approximate surface area is 127 Å². The second-order valence-corrected chi connectivity index (χ2v) is 5.56. The van der Waals surface area contributed by atoms with Gasteiger partial charge in [0.2, 0.25) is 5.91 Å². The van der Waals surface area contributed by atoms with Crippen molar-refractivity contribution >= 4 is 23.2 Å². The molecule has 2 aromatic rings. The fourth-order valence-electron chi connectivity index (χ4n) is 1.95. The molecule has 1 amide bonds. The Morgan fingerprint density at radius 1 is 1.43 bits per heavy atom. The summed E-state index contributed by atoms with van der Waals surface area (Å²) < 4.78 is 1.53. The van der Waals surface area contributed by atoms with Gasteiger partial charge in [-0.25, -0.2) is 4.68 Å². The van der Waals surface area contributed by atoms with E-state index in [4.69, 9.17) is 11.6 Å². The number of benzene rings is 1. The van der Waals surface area contributed by atoms with E-state index < -0.39 is 0 Å². The Bertz CT molecular complexity index is 638. The number of nitrogens with one attached hydrogen (secondary N) is 2. The van der Waals surface area contributed by atoms with Gasteiger partial charge in [-0.3, -0.25) is 4.79 Å². The molecule has 0 spiro atoms. The van der Waals surface area contributed by atoms with Crippen molar-refractivity contribution < 1.29 is 4.79 Å². The number of amides is 1. The minimum Gasteiger partial charge on any atom is -0.324 e. The average Bonchev–Trinajstić information content (AvgIpc) is 3.17. The van der Waals surface area contributed by atoms with Gasteiger partial charge in [-0.15, -0.1) is 5.10 Å². The molecular formula is C14H16ClN5O. The lowest BCUT2D eigenvalue weighted by molar-refractivity contribution is -0.116. The second-order valence-electron chi connectivity index (χ2n) is 5.12. The van der Waals surface area contributed by atoms with E-state index in [0.29, 0.717) is 23.3 Å². The molecule has 2 N–H and O–H groups in total. The van der Waals surface area contributed by atoms with E-state index in [1.54, 1.807) is 30.5 Å². The van der Waals surface area contributed by atoms with Gasteiger partial charge in [0.1, 0.15) is 6.54 Å². The quantitative estimate of drug-likeness (QED) is 0.854. The van der Waals surface area contributed by atoms with Crippen LogP contribution in [0, 0.1) is 0 Å². The lowest BCUT2D eigenvalue weighted by Gasteiger charge is -2.05. The predicted octanol–water partition coefficient (Wildman–Crippen LogP) is 1.82. The molecule has 1 heterocycles. The maximum atomic E-state index is 11.9. The molecule has 0 saturated heterocycles. The Morgan fingerprint density at radius 2 is 2.29 bits per heavy atom. The normalized spacial score (nSPS) is 14.1. The number of nitrogens with zero attached hydrogens (tertiary/aromatic N) is 3. The van der Waals surface area contributed by atoms with Gasteiger partial charge in [-0.05, 0) is 31.0 Å². The lowest BCUT2D eigenvalue weighted by atomic mass is 10.3. The molecule has 0 unspecified atom stereocenters. The Morgan fingerprint density at radius 3 is 3.05 bits per heavy atom. The maximum absolute atomic E-state index is 11.9. The monoisotopic (exact) mass is 305 g/mol. The molecule has 6 nitrogen and oxygen atoms in total. The molecule has 3 rings (SSSR count). The number of hydrogen-bond donors (Lipinski definition) is 2. The van der Waals surface area contributed by atoms with Crippen LogP contribution in [-0.2, 0) is 17.9 Å². The largest absolute Gasteiger partial charge is 0.324 e. The first kappa shape index (κ1) is 14.0. The fourth-order valence-corrected chi connectivity index (χ4v) is 2.14. The first-order valence-corrected chi connectivity index (χ1v) is 7.24. The third-order valence-corrected chi connectivity index (χ3v) is 3.38. The van der Waals surface area contributed by atoms with E-state index in [1.165, 1.54) is 17.5 Å². The second kappa shape index (κ2) is 6.24. The standard InChI is InChI=1S/C14H16ClN5O/c15-10-2-1-3-12(6-10)17-14(21)9-20-8-13(18-19-20)7-16-11-4-5-11/h1-3,6,8,11,16H,4-5,7,9H2,(H,17,21). The van der Waals surface area contributed by atoms with Crippen LogP contribution in [0.5, 0.6) is 0 Å². The van der Waals surface area contributed by atoms with Crippen LogP contribution in [-0.4, -0.2) is 26.9 Å². The summed E-state index contributed by atoms with van der Waals surface area (Å²) in [5, 5.41) is 14.7. The molecule has 1 fully saturated rings. The van der Waals surface area contributed by atoms with Gasteiger partial charge in [0.05, 0.1) is 11.9 Å². The van der Waals surface area contributed by atoms with Crippen molar-refractivity contribution in [3.8, 4) is 0 Å². The number of rotatable bonds is 6. The average molecular weight is 306 g/mol. The molecule has 7 heteroatoms. The van der Waals surface area contributed by atoms with E-state index in [-0.39, 0.29) is 12.5 Å². The number of anilines is 1. The highest BCUT2D eigenvalue weighted by Gasteiger charge is 2.20. The molecular weight excluding hydrogens is 290 g/mol. The SMILES string of the molecule is O=C(Cn1cc(CNC2CC2)nn1)Nc1cccc(Cl)c1. The molecule has 1 aliphatic carbocycles. The number of carbonyl (C=O) groups is 1. The van der Waals surface area contributed by atoms with Crippen molar-refractivity contribution in [2.75, 3.05) is 5.32 Å². The fraction of sp³-hybridized carbons (Fsp3) is 0.357. The van der Waals surface area contributed by atoms with Crippen LogP contribution >= 0.6 is 11.6 Å². The number of halogens is 1. The molecule has 1 aromatic heterocycles. The molecule has 1 aromatic carbocycles. The molecule has 0 radical (unpaired) electrons. The molecule has 0 bridgehead atoms. The highest BCUT2D eigenvalue weighted by molar-refractivity contribution is 6.30. The summed E-state index contributed by atoms with van der Waals surface area (Å²) >= 11 is 5.87. The van der Waals surface area contributed by atoms with Gasteiger partial charge >= 0.3 is 0 Å². The first-order valence-electron chi connectivity index (χ1n) is 6.87. The summed E-state index contributed by atoms with van der Waals surface area (Å²) in [6.07, 6.45) is 4.25. The summed E-state index contributed by atoms with van der Waals surface area (Å²) in [5.74, 6) is -0.163. The van der Waals surface area contributed by atoms with Crippen LogP contribution in [0.4, 0.5) is 5.69 Å². The number of hydrogen-bond acceptors (Lipinski definition) is 4. The van der Waals surface area contributed by atoms with Gasteiger partial charge < -0.3 is 10.6 Å². The zero-order valence-corrected chi connectivity index (χ0v) is 12.2. The molecule has 110 valence electrons. The summed E-state index contributed by atoms with van der Waals surface area (Å²) in [6, 6.07) is 7.66. The van der Waals surface area contributed by atoms with Gasteiger partial charge in [0.15, 0.2) is 0 Å². The summed E-state index contributed by atoms with van der Waals surface area (Å²) in [7, 11) is 0. The summed E-state index contributed by atoms with van der Waals surface area (Å²) in [6.45, 7) is 0.823. The minimum atomic E-state index is -0.163. The predicted molar refractivity (Wildman–Crippen MR) is 80.0 cm³/mol. The van der Waals surface area contributed by atoms with E-state index in [9.17, 15) is 4.79 Å². The van der Waals surface area contributed by atoms with E-state index in [2.05, 4.69) is 20.9 Å². The van der Waals surface area contributed by atoms with Gasteiger partial charge in [0, 0.05) is 23.3 Å². The van der Waals surface area contributed by atoms with E-state index in [0.717, 1.165) is 5.69 Å². The minimum absolute atomic E-state index is 0.128. The third-order valence-electron chi connectivity index (χ3n) is 3.15. The van der Waals surface area contributed by atoms with Gasteiger partial charge in [0.25, 0.3) is 0 Å². The number of aromatic nitrogens is 3. The molecule has 1 saturated carbocycles. The van der Waals surface area contributed by atoms with Crippen LogP contribution in [0.2, 0.25) is 5.02 Å². The molecule has 0 aliphatic heterocycles. The molecule has 21 heavy (non-hydrogen) atoms. The maximum Gasteiger partial charge on any atom is 0.246 e. The smallest absolute Gasteiger partial charge is 0.246 e. The van der Waals surface area contributed by atoms with Crippen LogP contribution in [0.15, 0.2) is 30.5 Å². The van der Waals surface area contributed by atoms with E-state index in [1.807, 2.05) is 0 Å². The van der Waals surface area contributed by atoms with Crippen LogP contribution in [0.3, 0.4) is 0 Å². The number of carbonyl (C=O) groups excluding carboxylic acids is 1. The first-order chi connectivity index (χ1) is 10.2. The van der Waals surface area contributed by atoms with Crippen molar-refractivity contribution in [1.29, 1.82) is 0 Å². The van der Waals surface area contributed by atoms with Crippen molar-refractivity contribution in [3.63, 3.8) is 0 Å².